The highest BCUT2D eigenvalue weighted by Gasteiger charge is 2.32. The van der Waals surface area contributed by atoms with Crippen LogP contribution in [0, 0.1) is 11.7 Å². The lowest BCUT2D eigenvalue weighted by molar-refractivity contribution is 0.532. The van der Waals surface area contributed by atoms with Crippen molar-refractivity contribution in [3.05, 3.63) is 48.0 Å². The number of hydrogen-bond acceptors (Lipinski definition) is 2. The van der Waals surface area contributed by atoms with Gasteiger partial charge >= 0.3 is 0 Å². The van der Waals surface area contributed by atoms with Gasteiger partial charge in [-0.15, -0.1) is 0 Å². The van der Waals surface area contributed by atoms with Crippen molar-refractivity contribution in [3.63, 3.8) is 0 Å². The summed E-state index contributed by atoms with van der Waals surface area (Å²) in [7, 11) is 0. The molecular formula is C16H20FN3. The van der Waals surface area contributed by atoms with Crippen LogP contribution in [0.15, 0.2) is 36.7 Å². The molecule has 1 heterocycles. The van der Waals surface area contributed by atoms with Gasteiger partial charge in [0.05, 0.1) is 17.9 Å². The number of benzene rings is 1. The lowest BCUT2D eigenvalue weighted by Crippen LogP contribution is -2.12. The fraction of sp³-hybridized carbons (Fsp3) is 0.438. The van der Waals surface area contributed by atoms with Gasteiger partial charge in [-0.05, 0) is 50.3 Å². The molecule has 1 fully saturated rings. The Morgan fingerprint density at radius 1 is 1.25 bits per heavy atom. The van der Waals surface area contributed by atoms with Crippen LogP contribution in [-0.2, 0) is 0 Å². The van der Waals surface area contributed by atoms with Crippen molar-refractivity contribution in [1.29, 1.82) is 0 Å². The zero-order valence-corrected chi connectivity index (χ0v) is 11.9. The number of nitrogens with zero attached hydrogens (tertiary/aromatic N) is 2. The third-order valence-corrected chi connectivity index (χ3v) is 3.78. The van der Waals surface area contributed by atoms with Crippen LogP contribution in [0.4, 0.5) is 10.1 Å². The highest BCUT2D eigenvalue weighted by molar-refractivity contribution is 5.42. The van der Waals surface area contributed by atoms with E-state index in [-0.39, 0.29) is 11.9 Å². The standard InChI is InChI=1S/C16H20FN3/c1-11(2)20-10-15(9-18-20)19-16(12-3-4-12)13-5-7-14(17)8-6-13/h5-12,16,19H,3-4H2,1-2H3. The number of rotatable bonds is 5. The van der Waals surface area contributed by atoms with Gasteiger partial charge in [-0.2, -0.15) is 5.10 Å². The maximum Gasteiger partial charge on any atom is 0.123 e. The summed E-state index contributed by atoms with van der Waals surface area (Å²) in [6, 6.07) is 7.42. The maximum absolute atomic E-state index is 13.1. The highest BCUT2D eigenvalue weighted by Crippen LogP contribution is 2.42. The Morgan fingerprint density at radius 3 is 2.50 bits per heavy atom. The molecule has 3 rings (SSSR count). The largest absolute Gasteiger partial charge is 0.375 e. The second kappa shape index (κ2) is 5.27. The monoisotopic (exact) mass is 273 g/mol. The molecule has 3 nitrogen and oxygen atoms in total. The Bertz CT molecular complexity index is 570. The highest BCUT2D eigenvalue weighted by atomic mass is 19.1. The summed E-state index contributed by atoms with van der Waals surface area (Å²) in [5.74, 6) is 0.457. The van der Waals surface area contributed by atoms with E-state index in [4.69, 9.17) is 0 Å². The van der Waals surface area contributed by atoms with Gasteiger partial charge in [0, 0.05) is 12.2 Å². The number of anilines is 1. The fourth-order valence-corrected chi connectivity index (χ4v) is 2.45. The molecule has 1 unspecified atom stereocenters. The van der Waals surface area contributed by atoms with E-state index >= 15 is 0 Å². The summed E-state index contributed by atoms with van der Waals surface area (Å²) in [5, 5.41) is 7.90. The molecule has 106 valence electrons. The quantitative estimate of drug-likeness (QED) is 0.886. The number of halogens is 1. The van der Waals surface area contributed by atoms with Gasteiger partial charge in [0.2, 0.25) is 0 Å². The van der Waals surface area contributed by atoms with Crippen molar-refractivity contribution in [2.75, 3.05) is 5.32 Å². The molecule has 1 N–H and O–H groups in total. The minimum absolute atomic E-state index is 0.184. The lowest BCUT2D eigenvalue weighted by atomic mass is 10.0. The van der Waals surface area contributed by atoms with Gasteiger partial charge < -0.3 is 5.32 Å². The molecule has 1 aliphatic rings. The second-order valence-electron chi connectivity index (χ2n) is 5.81. The van der Waals surface area contributed by atoms with E-state index in [0.29, 0.717) is 12.0 Å². The molecule has 1 aromatic carbocycles. The minimum atomic E-state index is -0.184. The lowest BCUT2D eigenvalue weighted by Gasteiger charge is -2.19. The molecule has 1 aliphatic carbocycles. The SMILES string of the molecule is CC(C)n1cc(NC(c2ccc(F)cc2)C2CC2)cn1. The summed E-state index contributed by atoms with van der Waals surface area (Å²) in [5.41, 5.74) is 2.17. The van der Waals surface area contributed by atoms with Crippen LogP contribution in [0.25, 0.3) is 0 Å². The molecule has 20 heavy (non-hydrogen) atoms. The molecule has 0 saturated heterocycles. The van der Waals surface area contributed by atoms with Gasteiger partial charge in [-0.3, -0.25) is 4.68 Å². The summed E-state index contributed by atoms with van der Waals surface area (Å²) in [4.78, 5) is 0. The molecule has 4 heteroatoms. The first-order valence-corrected chi connectivity index (χ1v) is 7.19. The molecule has 1 saturated carbocycles. The number of aromatic nitrogens is 2. The zero-order chi connectivity index (χ0) is 14.1. The Labute approximate surface area is 118 Å². The summed E-state index contributed by atoms with van der Waals surface area (Å²) in [6.07, 6.45) is 6.35. The fourth-order valence-electron chi connectivity index (χ4n) is 2.45. The van der Waals surface area contributed by atoms with E-state index < -0.39 is 0 Å². The first kappa shape index (κ1) is 13.2. The van der Waals surface area contributed by atoms with Crippen LogP contribution < -0.4 is 5.32 Å². The van der Waals surface area contributed by atoms with Crippen molar-refractivity contribution in [1.82, 2.24) is 9.78 Å². The van der Waals surface area contributed by atoms with E-state index in [9.17, 15) is 4.39 Å². The van der Waals surface area contributed by atoms with E-state index in [2.05, 4.69) is 24.3 Å². The first-order valence-electron chi connectivity index (χ1n) is 7.19. The normalized spacial score (nSPS) is 16.4. The predicted molar refractivity (Wildman–Crippen MR) is 78.1 cm³/mol. The molecule has 1 atom stereocenters. The third kappa shape index (κ3) is 2.84. The summed E-state index contributed by atoms with van der Waals surface area (Å²) < 4.78 is 15.0. The van der Waals surface area contributed by atoms with Gasteiger partial charge in [-0.25, -0.2) is 4.39 Å². The predicted octanol–water partition coefficient (Wildman–Crippen LogP) is 4.17. The van der Waals surface area contributed by atoms with Gasteiger partial charge in [0.25, 0.3) is 0 Å². The first-order chi connectivity index (χ1) is 9.63. The van der Waals surface area contributed by atoms with Crippen LogP contribution in [-0.4, -0.2) is 9.78 Å². The van der Waals surface area contributed by atoms with Crippen molar-refractivity contribution >= 4 is 5.69 Å². The average Bonchev–Trinajstić information content (AvgIpc) is 3.15. The van der Waals surface area contributed by atoms with E-state index in [0.717, 1.165) is 11.3 Å². The maximum atomic E-state index is 13.1. The van der Waals surface area contributed by atoms with Crippen molar-refractivity contribution < 1.29 is 4.39 Å². The van der Waals surface area contributed by atoms with Crippen molar-refractivity contribution in [3.8, 4) is 0 Å². The van der Waals surface area contributed by atoms with Crippen LogP contribution in [0.5, 0.6) is 0 Å². The van der Waals surface area contributed by atoms with E-state index in [1.165, 1.54) is 25.0 Å². The third-order valence-electron chi connectivity index (χ3n) is 3.78. The minimum Gasteiger partial charge on any atom is -0.375 e. The Hall–Kier alpha value is -1.84. The topological polar surface area (TPSA) is 29.9 Å². The number of nitrogens with one attached hydrogen (secondary N) is 1. The van der Waals surface area contributed by atoms with Crippen LogP contribution in [0.3, 0.4) is 0 Å². The molecule has 0 radical (unpaired) electrons. The van der Waals surface area contributed by atoms with Crippen LogP contribution in [0.1, 0.15) is 44.3 Å². The van der Waals surface area contributed by atoms with Crippen molar-refractivity contribution in [2.24, 2.45) is 5.92 Å². The average molecular weight is 273 g/mol. The van der Waals surface area contributed by atoms with Crippen LogP contribution in [0.2, 0.25) is 0 Å². The Morgan fingerprint density at radius 2 is 1.95 bits per heavy atom. The summed E-state index contributed by atoms with van der Waals surface area (Å²) >= 11 is 0. The molecule has 1 aromatic heterocycles. The molecular weight excluding hydrogens is 253 g/mol. The molecule has 0 aliphatic heterocycles. The smallest absolute Gasteiger partial charge is 0.123 e. The van der Waals surface area contributed by atoms with E-state index in [1.54, 1.807) is 0 Å². The molecule has 0 spiro atoms. The van der Waals surface area contributed by atoms with Gasteiger partial charge in [0.1, 0.15) is 5.82 Å². The van der Waals surface area contributed by atoms with Gasteiger partial charge in [-0.1, -0.05) is 12.1 Å². The van der Waals surface area contributed by atoms with Crippen molar-refractivity contribution in [2.45, 2.75) is 38.8 Å². The molecule has 0 bridgehead atoms. The van der Waals surface area contributed by atoms with Gasteiger partial charge in [0.15, 0.2) is 0 Å². The second-order valence-corrected chi connectivity index (χ2v) is 5.81. The summed E-state index contributed by atoms with van der Waals surface area (Å²) in [6.45, 7) is 4.21. The number of hydrogen-bond donors (Lipinski definition) is 1. The Kier molecular flexibility index (Phi) is 3.47. The van der Waals surface area contributed by atoms with Crippen LogP contribution >= 0.6 is 0 Å². The molecule has 0 amide bonds. The zero-order valence-electron chi connectivity index (χ0n) is 11.9. The molecule has 2 aromatic rings. The van der Waals surface area contributed by atoms with E-state index in [1.807, 2.05) is 29.2 Å². The Balaban J connectivity index is 1.78.